The molecule has 1 aliphatic heterocycles. The summed E-state index contributed by atoms with van der Waals surface area (Å²) in [5.41, 5.74) is 2.28. The van der Waals surface area contributed by atoms with Crippen molar-refractivity contribution in [1.29, 1.82) is 0 Å². The Bertz CT molecular complexity index is 924. The minimum absolute atomic E-state index is 0.304. The topological polar surface area (TPSA) is 56.1 Å². The fourth-order valence-electron chi connectivity index (χ4n) is 4.09. The predicted molar refractivity (Wildman–Crippen MR) is 93.5 cm³/mol. The molecule has 3 aromatic rings. The zero-order valence-corrected chi connectivity index (χ0v) is 14.6. The van der Waals surface area contributed by atoms with E-state index >= 15 is 0 Å². The van der Waals surface area contributed by atoms with Crippen molar-refractivity contribution in [1.82, 2.24) is 19.7 Å². The molecule has 0 bridgehead atoms. The van der Waals surface area contributed by atoms with Gasteiger partial charge in [-0.15, -0.1) is 11.3 Å². The Morgan fingerprint density at radius 1 is 1.25 bits per heavy atom. The second-order valence-electron chi connectivity index (χ2n) is 6.63. The van der Waals surface area contributed by atoms with Gasteiger partial charge < -0.3 is 9.64 Å². The first-order valence-corrected chi connectivity index (χ1v) is 9.07. The van der Waals surface area contributed by atoms with Crippen molar-refractivity contribution in [3.8, 4) is 0 Å². The molecule has 124 valence electrons. The summed E-state index contributed by atoms with van der Waals surface area (Å²) < 4.78 is 7.80. The van der Waals surface area contributed by atoms with Crippen LogP contribution in [0.5, 0.6) is 0 Å². The number of thiophene rings is 1. The summed E-state index contributed by atoms with van der Waals surface area (Å²) in [6.45, 7) is 1.58. The van der Waals surface area contributed by atoms with Crippen LogP contribution in [-0.2, 0) is 30.2 Å². The molecular formula is C17H19N5OS. The highest BCUT2D eigenvalue weighted by Gasteiger charge is 2.48. The van der Waals surface area contributed by atoms with Gasteiger partial charge in [-0.25, -0.2) is 9.97 Å². The number of hydrogen-bond acceptors (Lipinski definition) is 6. The largest absolute Gasteiger partial charge is 0.368 e. The standard InChI is InChI=1S/C17H19N5OS/c1-21-13(6-7-20-21)17(23-2)8-22(9-17)15-14-11-4-3-5-12(11)24-16(14)19-10-18-15/h6-7,10H,3-5,8-9H2,1-2H3. The van der Waals surface area contributed by atoms with Gasteiger partial charge in [-0.1, -0.05) is 0 Å². The number of ether oxygens (including phenoxy) is 1. The molecule has 7 heteroatoms. The van der Waals surface area contributed by atoms with Gasteiger partial charge in [0.25, 0.3) is 0 Å². The van der Waals surface area contributed by atoms with Gasteiger partial charge in [-0.3, -0.25) is 4.68 Å². The van der Waals surface area contributed by atoms with E-state index in [4.69, 9.17) is 4.74 Å². The van der Waals surface area contributed by atoms with E-state index in [2.05, 4.69) is 20.0 Å². The number of rotatable bonds is 3. The van der Waals surface area contributed by atoms with Crippen LogP contribution in [0.4, 0.5) is 5.82 Å². The summed E-state index contributed by atoms with van der Waals surface area (Å²) in [5, 5.41) is 5.56. The molecule has 1 aliphatic carbocycles. The number of fused-ring (bicyclic) bond motifs is 3. The van der Waals surface area contributed by atoms with Crippen molar-refractivity contribution in [2.45, 2.75) is 24.9 Å². The fourth-order valence-corrected chi connectivity index (χ4v) is 5.31. The molecule has 0 unspecified atom stereocenters. The molecule has 6 nitrogen and oxygen atoms in total. The maximum atomic E-state index is 5.89. The van der Waals surface area contributed by atoms with E-state index < -0.39 is 0 Å². The molecule has 0 spiro atoms. The maximum Gasteiger partial charge on any atom is 0.144 e. The third-order valence-corrected chi connectivity index (χ3v) is 6.55. The Morgan fingerprint density at radius 3 is 2.88 bits per heavy atom. The molecule has 24 heavy (non-hydrogen) atoms. The van der Waals surface area contributed by atoms with Crippen molar-refractivity contribution in [2.24, 2.45) is 7.05 Å². The minimum atomic E-state index is -0.304. The van der Waals surface area contributed by atoms with Crippen LogP contribution in [0.15, 0.2) is 18.6 Å². The van der Waals surface area contributed by atoms with Gasteiger partial charge in [-0.05, 0) is 30.9 Å². The second kappa shape index (κ2) is 5.00. The molecular weight excluding hydrogens is 322 g/mol. The van der Waals surface area contributed by atoms with Crippen molar-refractivity contribution < 1.29 is 4.74 Å². The fraction of sp³-hybridized carbons (Fsp3) is 0.471. The zero-order valence-electron chi connectivity index (χ0n) is 13.8. The molecule has 1 fully saturated rings. The van der Waals surface area contributed by atoms with E-state index in [0.717, 1.165) is 35.9 Å². The van der Waals surface area contributed by atoms with Crippen molar-refractivity contribution in [2.75, 3.05) is 25.1 Å². The molecule has 5 rings (SSSR count). The molecule has 0 saturated carbocycles. The first-order valence-electron chi connectivity index (χ1n) is 8.26. The smallest absolute Gasteiger partial charge is 0.144 e. The SMILES string of the molecule is COC1(c2ccnn2C)CN(c2ncnc3sc4c(c23)CCC4)C1. The Kier molecular flexibility index (Phi) is 2.99. The third-order valence-electron chi connectivity index (χ3n) is 5.35. The molecule has 0 N–H and O–H groups in total. The van der Waals surface area contributed by atoms with Gasteiger partial charge in [0, 0.05) is 25.2 Å². The van der Waals surface area contributed by atoms with Crippen LogP contribution >= 0.6 is 11.3 Å². The lowest BCUT2D eigenvalue weighted by atomic mass is 9.89. The van der Waals surface area contributed by atoms with E-state index in [9.17, 15) is 0 Å². The van der Waals surface area contributed by atoms with Crippen LogP contribution in [-0.4, -0.2) is 39.9 Å². The highest BCUT2D eigenvalue weighted by atomic mass is 32.1. The Morgan fingerprint density at radius 2 is 2.12 bits per heavy atom. The monoisotopic (exact) mass is 341 g/mol. The number of nitrogens with zero attached hydrogens (tertiary/aromatic N) is 5. The average molecular weight is 341 g/mol. The van der Waals surface area contributed by atoms with Crippen LogP contribution in [0.25, 0.3) is 10.2 Å². The van der Waals surface area contributed by atoms with Crippen molar-refractivity contribution in [3.63, 3.8) is 0 Å². The van der Waals surface area contributed by atoms with E-state index in [1.54, 1.807) is 13.4 Å². The molecule has 2 aliphatic rings. The molecule has 0 amide bonds. The number of anilines is 1. The van der Waals surface area contributed by atoms with Crippen molar-refractivity contribution in [3.05, 3.63) is 34.7 Å². The molecule has 4 heterocycles. The second-order valence-corrected chi connectivity index (χ2v) is 7.71. The summed E-state index contributed by atoms with van der Waals surface area (Å²) in [5.74, 6) is 1.06. The molecule has 1 saturated heterocycles. The van der Waals surface area contributed by atoms with Crippen LogP contribution in [0.1, 0.15) is 22.6 Å². The maximum absolute atomic E-state index is 5.89. The van der Waals surface area contributed by atoms with Gasteiger partial charge in [0.2, 0.25) is 0 Å². The highest BCUT2D eigenvalue weighted by Crippen LogP contribution is 2.44. The lowest BCUT2D eigenvalue weighted by Gasteiger charge is -2.49. The number of aromatic nitrogens is 4. The summed E-state index contributed by atoms with van der Waals surface area (Å²) >= 11 is 1.84. The Labute approximate surface area is 144 Å². The summed E-state index contributed by atoms with van der Waals surface area (Å²) in [6, 6.07) is 2.04. The first-order chi connectivity index (χ1) is 11.7. The summed E-state index contributed by atoms with van der Waals surface area (Å²) in [4.78, 5) is 14.1. The lowest BCUT2D eigenvalue weighted by molar-refractivity contribution is -0.0446. The van der Waals surface area contributed by atoms with Gasteiger partial charge in [0.15, 0.2) is 0 Å². The summed E-state index contributed by atoms with van der Waals surface area (Å²) in [7, 11) is 3.75. The number of hydrogen-bond donors (Lipinski definition) is 0. The Hall–Kier alpha value is -1.99. The predicted octanol–water partition coefficient (Wildman–Crippen LogP) is 2.28. The quantitative estimate of drug-likeness (QED) is 0.731. The Balaban J connectivity index is 1.54. The third kappa shape index (κ3) is 1.82. The van der Waals surface area contributed by atoms with E-state index in [-0.39, 0.29) is 5.60 Å². The minimum Gasteiger partial charge on any atom is -0.368 e. The van der Waals surface area contributed by atoms with E-state index in [1.165, 1.54) is 28.7 Å². The van der Waals surface area contributed by atoms with Crippen molar-refractivity contribution >= 4 is 27.4 Å². The van der Waals surface area contributed by atoms with Crippen LogP contribution in [0.2, 0.25) is 0 Å². The van der Waals surface area contributed by atoms with Gasteiger partial charge in [0.1, 0.15) is 22.6 Å². The van der Waals surface area contributed by atoms with Gasteiger partial charge in [-0.2, -0.15) is 5.10 Å². The number of aryl methyl sites for hydroxylation is 3. The van der Waals surface area contributed by atoms with Gasteiger partial charge >= 0.3 is 0 Å². The summed E-state index contributed by atoms with van der Waals surface area (Å²) in [6.07, 6.45) is 7.11. The zero-order chi connectivity index (χ0) is 16.3. The van der Waals surface area contributed by atoms with Crippen LogP contribution in [0.3, 0.4) is 0 Å². The van der Waals surface area contributed by atoms with Crippen LogP contribution < -0.4 is 4.90 Å². The van der Waals surface area contributed by atoms with Crippen LogP contribution in [0, 0.1) is 0 Å². The number of methoxy groups -OCH3 is 1. The molecule has 3 aromatic heterocycles. The molecule has 0 aromatic carbocycles. The van der Waals surface area contributed by atoms with E-state index in [1.807, 2.05) is 35.3 Å². The normalized spacial score (nSPS) is 18.8. The van der Waals surface area contributed by atoms with Gasteiger partial charge in [0.05, 0.1) is 24.2 Å². The lowest BCUT2D eigenvalue weighted by Crippen LogP contribution is -2.61. The molecule has 0 radical (unpaired) electrons. The molecule has 0 atom stereocenters. The highest BCUT2D eigenvalue weighted by molar-refractivity contribution is 7.19. The first kappa shape index (κ1) is 14.4. The average Bonchev–Trinajstić information content (AvgIpc) is 3.23. The van der Waals surface area contributed by atoms with E-state index in [0.29, 0.717) is 0 Å².